The lowest BCUT2D eigenvalue weighted by atomic mass is 10.2. The van der Waals surface area contributed by atoms with Crippen LogP contribution in [0.2, 0.25) is 5.15 Å². The second kappa shape index (κ2) is 6.26. The van der Waals surface area contributed by atoms with E-state index in [2.05, 4.69) is 9.97 Å². The zero-order valence-electron chi connectivity index (χ0n) is 12.7. The van der Waals surface area contributed by atoms with E-state index in [0.29, 0.717) is 11.0 Å². The third-order valence-electron chi connectivity index (χ3n) is 3.66. The molecule has 0 aliphatic heterocycles. The Bertz CT molecular complexity index is 1020. The minimum absolute atomic E-state index is 0.399. The van der Waals surface area contributed by atoms with Crippen molar-refractivity contribution in [1.82, 2.24) is 19.5 Å². The summed E-state index contributed by atoms with van der Waals surface area (Å²) >= 11 is 6.04. The first kappa shape index (κ1) is 14.6. The third kappa shape index (κ3) is 2.79. The fourth-order valence-corrected chi connectivity index (χ4v) is 2.72. The Morgan fingerprint density at radius 2 is 1.67 bits per heavy atom. The predicted octanol–water partition coefficient (Wildman–Crippen LogP) is 4.64. The molecule has 0 bridgehead atoms. The first-order valence-corrected chi connectivity index (χ1v) is 7.87. The molecule has 0 unspecified atom stereocenters. The van der Waals surface area contributed by atoms with E-state index in [1.807, 2.05) is 71.3 Å². The van der Waals surface area contributed by atoms with Crippen LogP contribution in [-0.4, -0.2) is 19.5 Å². The molecule has 2 aromatic heterocycles. The number of rotatable bonds is 3. The van der Waals surface area contributed by atoms with E-state index in [1.165, 1.54) is 6.33 Å². The van der Waals surface area contributed by atoms with Crippen LogP contribution in [0.5, 0.6) is 0 Å². The molecule has 0 N–H and O–H groups in total. The van der Waals surface area contributed by atoms with Crippen LogP contribution in [0.3, 0.4) is 0 Å². The molecule has 0 aliphatic carbocycles. The van der Waals surface area contributed by atoms with Crippen LogP contribution in [0.25, 0.3) is 29.0 Å². The Morgan fingerprint density at radius 1 is 0.875 bits per heavy atom. The predicted molar refractivity (Wildman–Crippen MR) is 97.0 cm³/mol. The maximum Gasteiger partial charge on any atom is 0.143 e. The summed E-state index contributed by atoms with van der Waals surface area (Å²) in [7, 11) is 0. The van der Waals surface area contributed by atoms with Gasteiger partial charge in [-0.25, -0.2) is 15.0 Å². The van der Waals surface area contributed by atoms with Crippen LogP contribution < -0.4 is 0 Å². The monoisotopic (exact) mass is 332 g/mol. The standard InChI is InChI=1S/C19H13ClN4/c20-17-12-19(22-13-21-17)24-16-9-5-4-8-15(16)23-18(24)11-10-14-6-2-1-3-7-14/h1-13H. The molecule has 2 aromatic carbocycles. The molecule has 0 saturated heterocycles. The summed E-state index contributed by atoms with van der Waals surface area (Å²) < 4.78 is 1.97. The second-order valence-corrected chi connectivity index (χ2v) is 5.62. The second-order valence-electron chi connectivity index (χ2n) is 5.24. The number of halogens is 1. The van der Waals surface area contributed by atoms with E-state index in [0.717, 1.165) is 22.4 Å². The minimum Gasteiger partial charge on any atom is -0.277 e. The molecular formula is C19H13ClN4. The molecule has 0 radical (unpaired) electrons. The molecule has 2 heterocycles. The van der Waals surface area contributed by atoms with Crippen molar-refractivity contribution in [2.24, 2.45) is 0 Å². The van der Waals surface area contributed by atoms with Crippen molar-refractivity contribution in [2.45, 2.75) is 0 Å². The first-order chi connectivity index (χ1) is 11.8. The maximum atomic E-state index is 6.04. The molecule has 24 heavy (non-hydrogen) atoms. The van der Waals surface area contributed by atoms with Gasteiger partial charge in [0.15, 0.2) is 0 Å². The van der Waals surface area contributed by atoms with Gasteiger partial charge in [-0.1, -0.05) is 60.1 Å². The van der Waals surface area contributed by atoms with Crippen LogP contribution in [0.15, 0.2) is 67.0 Å². The smallest absolute Gasteiger partial charge is 0.143 e. The van der Waals surface area contributed by atoms with Gasteiger partial charge >= 0.3 is 0 Å². The van der Waals surface area contributed by atoms with Gasteiger partial charge < -0.3 is 0 Å². The summed E-state index contributed by atoms with van der Waals surface area (Å²) in [6.45, 7) is 0. The topological polar surface area (TPSA) is 43.6 Å². The van der Waals surface area contributed by atoms with E-state index in [1.54, 1.807) is 6.07 Å². The lowest BCUT2D eigenvalue weighted by Gasteiger charge is -2.06. The molecule has 0 spiro atoms. The Morgan fingerprint density at radius 3 is 2.50 bits per heavy atom. The van der Waals surface area contributed by atoms with Crippen LogP contribution >= 0.6 is 11.6 Å². The summed E-state index contributed by atoms with van der Waals surface area (Å²) in [5, 5.41) is 0.399. The highest BCUT2D eigenvalue weighted by Crippen LogP contribution is 2.22. The van der Waals surface area contributed by atoms with Crippen molar-refractivity contribution in [3.8, 4) is 5.82 Å². The summed E-state index contributed by atoms with van der Waals surface area (Å²) in [4.78, 5) is 13.0. The van der Waals surface area contributed by atoms with E-state index < -0.39 is 0 Å². The number of nitrogens with zero attached hydrogens (tertiary/aromatic N) is 4. The van der Waals surface area contributed by atoms with Crippen molar-refractivity contribution in [1.29, 1.82) is 0 Å². The highest BCUT2D eigenvalue weighted by atomic mass is 35.5. The molecule has 4 rings (SSSR count). The van der Waals surface area contributed by atoms with Crippen molar-refractivity contribution < 1.29 is 0 Å². The Labute approximate surface area is 144 Å². The normalized spacial score (nSPS) is 11.4. The lowest BCUT2D eigenvalue weighted by Crippen LogP contribution is -2.00. The molecule has 5 heteroatoms. The van der Waals surface area contributed by atoms with Crippen molar-refractivity contribution >= 4 is 34.8 Å². The molecule has 0 saturated carbocycles. The summed E-state index contributed by atoms with van der Waals surface area (Å²) in [5.41, 5.74) is 2.98. The van der Waals surface area contributed by atoms with Crippen molar-refractivity contribution in [3.05, 3.63) is 83.5 Å². The van der Waals surface area contributed by atoms with Gasteiger partial charge in [0.05, 0.1) is 11.0 Å². The van der Waals surface area contributed by atoms with Crippen LogP contribution in [0.1, 0.15) is 11.4 Å². The maximum absolute atomic E-state index is 6.04. The van der Waals surface area contributed by atoms with Gasteiger partial charge in [0.2, 0.25) is 0 Å². The van der Waals surface area contributed by atoms with E-state index in [4.69, 9.17) is 16.6 Å². The van der Waals surface area contributed by atoms with Gasteiger partial charge in [0, 0.05) is 6.07 Å². The third-order valence-corrected chi connectivity index (χ3v) is 3.87. The number of aromatic nitrogens is 4. The molecule has 0 aliphatic rings. The first-order valence-electron chi connectivity index (χ1n) is 7.50. The number of para-hydroxylation sites is 2. The lowest BCUT2D eigenvalue weighted by molar-refractivity contribution is 0.982. The average molecular weight is 333 g/mol. The Balaban J connectivity index is 1.89. The van der Waals surface area contributed by atoms with Gasteiger partial charge in [0.25, 0.3) is 0 Å². The molecule has 116 valence electrons. The molecule has 0 amide bonds. The van der Waals surface area contributed by atoms with E-state index in [9.17, 15) is 0 Å². The Hall–Kier alpha value is -2.98. The SMILES string of the molecule is Clc1cc(-n2c(C=Cc3ccccc3)nc3ccccc32)ncn1. The zero-order chi connectivity index (χ0) is 16.4. The number of imidazole rings is 1. The fourth-order valence-electron chi connectivity index (χ4n) is 2.58. The van der Waals surface area contributed by atoms with Crippen LogP contribution in [0, 0.1) is 0 Å². The zero-order valence-corrected chi connectivity index (χ0v) is 13.4. The minimum atomic E-state index is 0.399. The molecule has 0 fully saturated rings. The number of benzene rings is 2. The average Bonchev–Trinajstić information content (AvgIpc) is 2.99. The Kier molecular flexibility index (Phi) is 3.81. The van der Waals surface area contributed by atoms with Crippen LogP contribution in [0.4, 0.5) is 0 Å². The number of hydrogen-bond acceptors (Lipinski definition) is 3. The van der Waals surface area contributed by atoms with Crippen molar-refractivity contribution in [3.63, 3.8) is 0 Å². The molecule has 0 atom stereocenters. The summed E-state index contributed by atoms with van der Waals surface area (Å²) in [6.07, 6.45) is 5.46. The van der Waals surface area contributed by atoms with E-state index >= 15 is 0 Å². The van der Waals surface area contributed by atoms with E-state index in [-0.39, 0.29) is 0 Å². The van der Waals surface area contributed by atoms with Gasteiger partial charge in [-0.15, -0.1) is 0 Å². The fraction of sp³-hybridized carbons (Fsp3) is 0. The van der Waals surface area contributed by atoms with Crippen molar-refractivity contribution in [2.75, 3.05) is 0 Å². The molecule has 4 aromatic rings. The van der Waals surface area contributed by atoms with Gasteiger partial charge in [-0.3, -0.25) is 4.57 Å². The van der Waals surface area contributed by atoms with Gasteiger partial charge in [0.1, 0.15) is 23.1 Å². The number of fused-ring (bicyclic) bond motifs is 1. The molecule has 4 nitrogen and oxygen atoms in total. The number of hydrogen-bond donors (Lipinski definition) is 0. The van der Waals surface area contributed by atoms with Gasteiger partial charge in [-0.2, -0.15) is 0 Å². The summed E-state index contributed by atoms with van der Waals surface area (Å²) in [5.74, 6) is 1.48. The molecular weight excluding hydrogens is 320 g/mol. The van der Waals surface area contributed by atoms with Gasteiger partial charge in [-0.05, 0) is 23.8 Å². The van der Waals surface area contributed by atoms with Crippen LogP contribution in [-0.2, 0) is 0 Å². The highest BCUT2D eigenvalue weighted by Gasteiger charge is 2.11. The summed E-state index contributed by atoms with van der Waals surface area (Å²) in [6, 6.07) is 19.8. The quantitative estimate of drug-likeness (QED) is 0.513. The highest BCUT2D eigenvalue weighted by molar-refractivity contribution is 6.29. The largest absolute Gasteiger partial charge is 0.277 e.